The highest BCUT2D eigenvalue weighted by Gasteiger charge is 2.10. The summed E-state index contributed by atoms with van der Waals surface area (Å²) in [6.07, 6.45) is 0. The highest BCUT2D eigenvalue weighted by Crippen LogP contribution is 2.10. The fourth-order valence-electron chi connectivity index (χ4n) is 1.11. The largest absolute Gasteiger partial charge is 0.308 e. The summed E-state index contributed by atoms with van der Waals surface area (Å²) in [4.78, 5) is 1.41. The van der Waals surface area contributed by atoms with Crippen LogP contribution in [0, 0.1) is 5.92 Å². The van der Waals surface area contributed by atoms with Crippen LogP contribution >= 0.6 is 27.3 Å². The summed E-state index contributed by atoms with van der Waals surface area (Å²) in [5.41, 5.74) is 0. The van der Waals surface area contributed by atoms with E-state index in [1.165, 1.54) is 4.88 Å². The van der Waals surface area contributed by atoms with E-state index in [0.717, 1.165) is 11.9 Å². The van der Waals surface area contributed by atoms with Gasteiger partial charge < -0.3 is 5.32 Å². The Labute approximate surface area is 92.7 Å². The van der Waals surface area contributed by atoms with Crippen molar-refractivity contribution in [3.63, 3.8) is 0 Å². The number of thiophene rings is 1. The zero-order chi connectivity index (χ0) is 9.68. The second-order valence-electron chi connectivity index (χ2n) is 3.47. The van der Waals surface area contributed by atoms with E-state index in [4.69, 9.17) is 0 Å². The van der Waals surface area contributed by atoms with Gasteiger partial charge in [-0.2, -0.15) is 0 Å². The number of hydrogen-bond acceptors (Lipinski definition) is 2. The summed E-state index contributed by atoms with van der Waals surface area (Å²) >= 11 is 5.33. The number of halogens is 1. The first-order chi connectivity index (χ1) is 6.24. The maximum atomic E-state index is 3.53. The van der Waals surface area contributed by atoms with Crippen molar-refractivity contribution in [2.45, 2.75) is 26.4 Å². The molecule has 1 aromatic rings. The van der Waals surface area contributed by atoms with Crippen LogP contribution in [-0.4, -0.2) is 11.4 Å². The summed E-state index contributed by atoms with van der Waals surface area (Å²) in [6, 6.07) is 4.84. The molecule has 0 aliphatic carbocycles. The first-order valence-corrected chi connectivity index (χ1v) is 6.56. The third-order valence-electron chi connectivity index (χ3n) is 2.09. The average Bonchev–Trinajstić information content (AvgIpc) is 2.57. The molecule has 0 saturated carbocycles. The van der Waals surface area contributed by atoms with Crippen molar-refractivity contribution in [3.05, 3.63) is 22.4 Å². The molecule has 1 rings (SSSR count). The molecular weight excluding hydrogens is 246 g/mol. The Morgan fingerprint density at radius 3 is 2.77 bits per heavy atom. The van der Waals surface area contributed by atoms with Gasteiger partial charge >= 0.3 is 0 Å². The average molecular weight is 262 g/mol. The van der Waals surface area contributed by atoms with E-state index in [1.807, 2.05) is 11.3 Å². The zero-order valence-corrected chi connectivity index (χ0v) is 10.5. The molecule has 1 nitrogen and oxygen atoms in total. The van der Waals surface area contributed by atoms with Crippen LogP contribution in [0.15, 0.2) is 17.5 Å². The van der Waals surface area contributed by atoms with E-state index in [9.17, 15) is 0 Å². The zero-order valence-electron chi connectivity index (χ0n) is 8.09. The second-order valence-corrected chi connectivity index (χ2v) is 5.14. The van der Waals surface area contributed by atoms with Gasteiger partial charge in [-0.1, -0.05) is 35.8 Å². The number of hydrogen-bond donors (Lipinski definition) is 1. The van der Waals surface area contributed by atoms with Gasteiger partial charge in [-0.3, -0.25) is 0 Å². The van der Waals surface area contributed by atoms with Crippen molar-refractivity contribution >= 4 is 27.3 Å². The Balaban J connectivity index is 2.32. The van der Waals surface area contributed by atoms with E-state index in [-0.39, 0.29) is 0 Å². The predicted molar refractivity (Wildman–Crippen MR) is 63.6 cm³/mol. The smallest absolute Gasteiger partial charge is 0.0302 e. The van der Waals surface area contributed by atoms with Gasteiger partial charge in [0.15, 0.2) is 0 Å². The normalized spacial score (nSPS) is 13.5. The van der Waals surface area contributed by atoms with Gasteiger partial charge in [0.1, 0.15) is 0 Å². The lowest BCUT2D eigenvalue weighted by atomic mass is 10.1. The molecular formula is C10H16BrNS. The molecule has 0 saturated heterocycles. The highest BCUT2D eigenvalue weighted by molar-refractivity contribution is 9.09. The lowest BCUT2D eigenvalue weighted by molar-refractivity contribution is 0.435. The molecule has 0 aliphatic rings. The van der Waals surface area contributed by atoms with Crippen molar-refractivity contribution in [1.29, 1.82) is 0 Å². The number of rotatable bonds is 5. The van der Waals surface area contributed by atoms with Crippen LogP contribution < -0.4 is 5.32 Å². The van der Waals surface area contributed by atoms with E-state index >= 15 is 0 Å². The lowest BCUT2D eigenvalue weighted by Gasteiger charge is -2.19. The summed E-state index contributed by atoms with van der Waals surface area (Å²) < 4.78 is 0. The van der Waals surface area contributed by atoms with Gasteiger partial charge in [0.05, 0.1) is 0 Å². The fraction of sp³-hybridized carbons (Fsp3) is 0.600. The van der Waals surface area contributed by atoms with E-state index < -0.39 is 0 Å². The summed E-state index contributed by atoms with van der Waals surface area (Å²) in [6.45, 7) is 5.48. The van der Waals surface area contributed by atoms with Gasteiger partial charge in [-0.05, 0) is 17.4 Å². The van der Waals surface area contributed by atoms with Crippen LogP contribution in [0.2, 0.25) is 0 Å². The van der Waals surface area contributed by atoms with Crippen LogP contribution in [0.3, 0.4) is 0 Å². The van der Waals surface area contributed by atoms with Crippen LogP contribution in [-0.2, 0) is 6.54 Å². The van der Waals surface area contributed by atoms with Gasteiger partial charge in [-0.25, -0.2) is 0 Å². The molecule has 1 aromatic heterocycles. The Hall–Kier alpha value is 0.140. The molecule has 0 radical (unpaired) electrons. The van der Waals surface area contributed by atoms with Gasteiger partial charge in [0.25, 0.3) is 0 Å². The first-order valence-electron chi connectivity index (χ1n) is 4.55. The van der Waals surface area contributed by atoms with Gasteiger partial charge in [-0.15, -0.1) is 11.3 Å². The number of alkyl halides is 1. The van der Waals surface area contributed by atoms with E-state index in [1.54, 1.807) is 0 Å². The number of nitrogens with one attached hydrogen (secondary N) is 1. The Morgan fingerprint density at radius 1 is 1.54 bits per heavy atom. The quantitative estimate of drug-likeness (QED) is 0.803. The standard InChI is InChI=1S/C10H16BrNS/c1-8(2)10(6-11)12-7-9-4-3-5-13-9/h3-5,8,10,12H,6-7H2,1-2H3. The molecule has 74 valence electrons. The van der Waals surface area contributed by atoms with Crippen molar-refractivity contribution in [2.24, 2.45) is 5.92 Å². The maximum Gasteiger partial charge on any atom is 0.0302 e. The maximum absolute atomic E-state index is 3.53. The SMILES string of the molecule is CC(C)C(CBr)NCc1cccs1. The highest BCUT2D eigenvalue weighted by atomic mass is 79.9. The van der Waals surface area contributed by atoms with E-state index in [2.05, 4.69) is 52.6 Å². The molecule has 1 atom stereocenters. The van der Waals surface area contributed by atoms with Crippen molar-refractivity contribution < 1.29 is 0 Å². The molecule has 0 aliphatic heterocycles. The van der Waals surface area contributed by atoms with E-state index in [0.29, 0.717) is 12.0 Å². The molecule has 3 heteroatoms. The molecule has 0 spiro atoms. The fourth-order valence-corrected chi connectivity index (χ4v) is 2.75. The van der Waals surface area contributed by atoms with Crippen molar-refractivity contribution in [2.75, 3.05) is 5.33 Å². The van der Waals surface area contributed by atoms with Crippen LogP contribution in [0.1, 0.15) is 18.7 Å². The Morgan fingerprint density at radius 2 is 2.31 bits per heavy atom. The predicted octanol–water partition coefficient (Wildman–Crippen LogP) is 3.26. The molecule has 0 bridgehead atoms. The topological polar surface area (TPSA) is 12.0 Å². The first kappa shape index (κ1) is 11.2. The van der Waals surface area contributed by atoms with Gasteiger partial charge in [0.2, 0.25) is 0 Å². The van der Waals surface area contributed by atoms with Crippen LogP contribution in [0.25, 0.3) is 0 Å². The minimum absolute atomic E-state index is 0.571. The van der Waals surface area contributed by atoms with Crippen LogP contribution in [0.4, 0.5) is 0 Å². The molecule has 13 heavy (non-hydrogen) atoms. The third kappa shape index (κ3) is 3.79. The second kappa shape index (κ2) is 5.78. The monoisotopic (exact) mass is 261 g/mol. The molecule has 1 unspecified atom stereocenters. The molecule has 0 aromatic carbocycles. The van der Waals surface area contributed by atoms with Crippen molar-refractivity contribution in [3.8, 4) is 0 Å². The summed E-state index contributed by atoms with van der Waals surface area (Å²) in [5, 5.41) is 6.68. The minimum Gasteiger partial charge on any atom is -0.308 e. The van der Waals surface area contributed by atoms with Gasteiger partial charge in [0, 0.05) is 22.8 Å². The molecule has 1 heterocycles. The molecule has 0 fully saturated rings. The minimum atomic E-state index is 0.571. The summed E-state index contributed by atoms with van der Waals surface area (Å²) in [5.74, 6) is 0.680. The summed E-state index contributed by atoms with van der Waals surface area (Å²) in [7, 11) is 0. The van der Waals surface area contributed by atoms with Crippen molar-refractivity contribution in [1.82, 2.24) is 5.32 Å². The molecule has 1 N–H and O–H groups in total. The Bertz CT molecular complexity index is 221. The Kier molecular flexibility index (Phi) is 4.99. The third-order valence-corrected chi connectivity index (χ3v) is 3.66. The molecule has 0 amide bonds. The van der Waals surface area contributed by atoms with Crippen LogP contribution in [0.5, 0.6) is 0 Å². The lowest BCUT2D eigenvalue weighted by Crippen LogP contribution is -2.34.